The zero-order chi connectivity index (χ0) is 56.5. The van der Waals surface area contributed by atoms with Gasteiger partial charge in [-0.05, 0) is 87.8 Å². The normalized spacial score (nSPS) is 19.6. The highest BCUT2D eigenvalue weighted by Gasteiger charge is 2.62. The molecule has 422 valence electrons. The monoisotopic (exact) mass is 1100 g/mol. The molecule has 2 spiro atoms. The molecule has 0 saturated heterocycles. The summed E-state index contributed by atoms with van der Waals surface area (Å²) < 4.78 is 75.9. The summed E-state index contributed by atoms with van der Waals surface area (Å²) in [5, 5.41) is 10.0. The fourth-order valence-electron chi connectivity index (χ4n) is 11.0. The zero-order valence-corrected chi connectivity index (χ0v) is 44.6. The Morgan fingerprint density at radius 2 is 1.01 bits per heavy atom. The first kappa shape index (κ1) is 58.4. The number of amides is 2. The van der Waals surface area contributed by atoms with Crippen molar-refractivity contribution in [2.24, 2.45) is 11.8 Å². The number of methoxy groups -OCH3 is 1. The molecule has 0 radical (unpaired) electrons. The van der Waals surface area contributed by atoms with Crippen molar-refractivity contribution in [3.8, 4) is 11.5 Å². The van der Waals surface area contributed by atoms with E-state index in [0.29, 0.717) is 32.5 Å². The van der Waals surface area contributed by atoms with Gasteiger partial charge in [-0.25, -0.2) is 17.6 Å². The number of rotatable bonds is 19. The number of carbonyl (C=O) groups excluding carboxylic acids is 4. The summed E-state index contributed by atoms with van der Waals surface area (Å²) in [5.74, 6) is -5.17. The molecular formula is C62H66F4N4O10. The van der Waals surface area contributed by atoms with E-state index in [0.717, 1.165) is 35.4 Å². The Labute approximate surface area is 461 Å². The highest BCUT2D eigenvalue weighted by Crippen LogP contribution is 2.55. The van der Waals surface area contributed by atoms with Gasteiger partial charge in [0, 0.05) is 88.1 Å². The van der Waals surface area contributed by atoms with Crippen molar-refractivity contribution in [2.75, 3.05) is 33.4 Å². The molecule has 2 aliphatic heterocycles. The van der Waals surface area contributed by atoms with Crippen molar-refractivity contribution >= 4 is 23.4 Å². The van der Waals surface area contributed by atoms with E-state index in [4.69, 9.17) is 14.2 Å². The second-order valence-corrected chi connectivity index (χ2v) is 21.4. The lowest BCUT2D eigenvalue weighted by Crippen LogP contribution is -2.52. The van der Waals surface area contributed by atoms with Crippen LogP contribution in [-0.4, -0.2) is 92.9 Å². The highest BCUT2D eigenvalue weighted by molar-refractivity contribution is 6.01. The van der Waals surface area contributed by atoms with E-state index >= 15 is 0 Å². The van der Waals surface area contributed by atoms with Gasteiger partial charge in [-0.1, -0.05) is 80.2 Å². The third-order valence-electron chi connectivity index (χ3n) is 15.7. The van der Waals surface area contributed by atoms with Gasteiger partial charge in [0.2, 0.25) is 10.9 Å². The fraction of sp³-hybridized carbons (Fsp3) is 0.387. The van der Waals surface area contributed by atoms with E-state index in [2.05, 4.69) is 0 Å². The maximum atomic E-state index is 14.2. The van der Waals surface area contributed by atoms with E-state index in [1.807, 2.05) is 88.4 Å². The van der Waals surface area contributed by atoms with Gasteiger partial charge in [0.25, 0.3) is 11.8 Å². The molecule has 2 amide bonds. The lowest BCUT2D eigenvalue weighted by atomic mass is 9.99. The molecule has 4 aliphatic rings. The molecule has 2 aliphatic carbocycles. The first-order chi connectivity index (χ1) is 37.8. The molecule has 4 atom stereocenters. The van der Waals surface area contributed by atoms with Crippen molar-refractivity contribution < 1.29 is 56.1 Å². The number of ether oxygens (including phenoxy) is 3. The average Bonchev–Trinajstić information content (AvgIpc) is 4.51. The number of aliphatic hydroxyl groups excluding tert-OH is 1. The summed E-state index contributed by atoms with van der Waals surface area (Å²) in [6.07, 6.45) is 3.75. The maximum absolute atomic E-state index is 14.2. The van der Waals surface area contributed by atoms with Crippen molar-refractivity contribution in [3.63, 3.8) is 0 Å². The van der Waals surface area contributed by atoms with Crippen LogP contribution < -0.4 is 20.3 Å². The Balaban J connectivity index is 0.000000208. The van der Waals surface area contributed by atoms with Crippen molar-refractivity contribution in [2.45, 2.75) is 110 Å². The number of Topliss-reactive ketones (excluding diaryl/α,β-unsaturated/α-hetero) is 2. The van der Waals surface area contributed by atoms with E-state index < -0.39 is 56.8 Å². The first-order valence-corrected chi connectivity index (χ1v) is 26.4. The summed E-state index contributed by atoms with van der Waals surface area (Å²) in [6.45, 7) is 8.74. The molecule has 0 unspecified atom stereocenters. The van der Waals surface area contributed by atoms with Gasteiger partial charge in [-0.2, -0.15) is 0 Å². The van der Waals surface area contributed by atoms with Gasteiger partial charge in [-0.3, -0.25) is 28.8 Å². The SMILES string of the molecule is C.CC(C)N1C[C@@]2(C[C@@H]2CO)n2cc(C(=O)CCc3ccc(F)cc3F)c(=O)c(OCc3ccccc3)c2C1=O.COC[C@H]1C[C@@]12CN(C(C)C)C(=O)c1c(OCc3ccccc3)c(=O)c(C(=O)CCc3ccc(F)cc3F)cn12. The number of carbonyl (C=O) groups is 4. The number of hydrogen-bond acceptors (Lipinski definition) is 10. The topological polar surface area (TPSA) is 167 Å². The smallest absolute Gasteiger partial charge is 0.274 e. The second-order valence-electron chi connectivity index (χ2n) is 21.4. The lowest BCUT2D eigenvalue weighted by molar-refractivity contribution is 0.0537. The maximum Gasteiger partial charge on any atom is 0.274 e. The number of aryl methyl sites for hydroxylation is 2. The third kappa shape index (κ3) is 11.5. The van der Waals surface area contributed by atoms with Crippen LogP contribution in [0, 0.1) is 35.1 Å². The van der Waals surface area contributed by atoms with Gasteiger partial charge < -0.3 is 38.3 Å². The Hall–Kier alpha value is -7.70. The largest absolute Gasteiger partial charge is 0.483 e. The second kappa shape index (κ2) is 23.9. The molecule has 1 N–H and O–H groups in total. The minimum atomic E-state index is -0.765. The number of halogens is 4. The van der Waals surface area contributed by atoms with Crippen LogP contribution in [0.1, 0.15) is 125 Å². The minimum Gasteiger partial charge on any atom is -0.483 e. The summed E-state index contributed by atoms with van der Waals surface area (Å²) in [7, 11) is 1.62. The zero-order valence-electron chi connectivity index (χ0n) is 44.6. The average molecular weight is 1100 g/mol. The molecule has 80 heavy (non-hydrogen) atoms. The molecule has 4 aromatic carbocycles. The summed E-state index contributed by atoms with van der Waals surface area (Å²) in [6, 6.07) is 24.4. The molecule has 2 fully saturated rings. The molecule has 6 aromatic rings. The highest BCUT2D eigenvalue weighted by atomic mass is 19.1. The summed E-state index contributed by atoms with van der Waals surface area (Å²) >= 11 is 0. The van der Waals surface area contributed by atoms with Gasteiger partial charge in [-0.15, -0.1) is 0 Å². The van der Waals surface area contributed by atoms with Crippen LogP contribution in [0.4, 0.5) is 17.6 Å². The predicted octanol–water partition coefficient (Wildman–Crippen LogP) is 9.48. The third-order valence-corrected chi connectivity index (χ3v) is 15.7. The van der Waals surface area contributed by atoms with E-state index in [9.17, 15) is 51.4 Å². The molecular weight excluding hydrogens is 1040 g/mol. The quantitative estimate of drug-likeness (QED) is 0.0610. The van der Waals surface area contributed by atoms with Gasteiger partial charge in [0.15, 0.2) is 34.5 Å². The summed E-state index contributed by atoms with van der Waals surface area (Å²) in [4.78, 5) is 85.2. The molecule has 18 heteroatoms. The van der Waals surface area contributed by atoms with Crippen LogP contribution in [-0.2, 0) is 41.9 Å². The van der Waals surface area contributed by atoms with E-state index in [-0.39, 0.29) is 134 Å². The number of hydrogen-bond donors (Lipinski definition) is 1. The number of ketones is 2. The Morgan fingerprint density at radius 3 is 1.38 bits per heavy atom. The van der Waals surface area contributed by atoms with Gasteiger partial charge in [0.05, 0.1) is 28.8 Å². The van der Waals surface area contributed by atoms with Crippen molar-refractivity contribution in [3.05, 3.63) is 198 Å². The van der Waals surface area contributed by atoms with Gasteiger partial charge in [0.1, 0.15) is 36.5 Å². The van der Waals surface area contributed by atoms with Crippen LogP contribution in [0.5, 0.6) is 11.5 Å². The number of nitrogens with zero attached hydrogens (tertiary/aromatic N) is 4. The molecule has 10 rings (SSSR count). The molecule has 2 aromatic heterocycles. The lowest BCUT2D eigenvalue weighted by Gasteiger charge is -2.40. The number of fused-ring (bicyclic) bond motifs is 4. The number of aliphatic hydroxyl groups is 1. The number of aromatic nitrogens is 2. The molecule has 4 heterocycles. The molecule has 2 saturated carbocycles. The van der Waals surface area contributed by atoms with Crippen LogP contribution in [0.15, 0.2) is 119 Å². The molecule has 0 bridgehead atoms. The van der Waals surface area contributed by atoms with Crippen molar-refractivity contribution in [1.29, 1.82) is 0 Å². The van der Waals surface area contributed by atoms with E-state index in [1.54, 1.807) is 26.0 Å². The standard InChI is InChI=1S/C31H32F2N2O5.C30H30F2N2O5.CH4/c1-19(2)34-18-31(14-22(31)17-39-3)35-15-24(26(36)12-10-21-9-11-23(32)13-25(21)33)28(37)29(27(35)30(34)38)40-16-20-7-5-4-6-8-20;1-18(2)33-17-30(13-21(30)15-35)34-14-23(25(36)11-9-20-8-10-22(31)12-24(20)32)27(37)28(26(34)29(33)38)39-16-19-6-4-3-5-7-19;/h4-9,11,13,15,19,22H,10,12,14,16-18H2,1-3H3;3-8,10,12,14,18,21,35H,9,11,13,15-17H2,1-2H3;1H4/t22-,31-;21-,30-;/m11./s1. The van der Waals surface area contributed by atoms with Gasteiger partial charge >= 0.3 is 0 Å². The minimum absolute atomic E-state index is 0. The molecule has 14 nitrogen and oxygen atoms in total. The summed E-state index contributed by atoms with van der Waals surface area (Å²) in [5.41, 5.74) is -0.792. The van der Waals surface area contributed by atoms with Crippen LogP contribution in [0.2, 0.25) is 0 Å². The Kier molecular flexibility index (Phi) is 17.5. The number of pyridine rings is 2. The first-order valence-electron chi connectivity index (χ1n) is 26.4. The van der Waals surface area contributed by atoms with Crippen LogP contribution in [0.25, 0.3) is 0 Å². The van der Waals surface area contributed by atoms with Crippen LogP contribution in [0.3, 0.4) is 0 Å². The Bertz CT molecular complexity index is 3440. The Morgan fingerprint density at radius 1 is 0.613 bits per heavy atom. The van der Waals surface area contributed by atoms with Crippen LogP contribution >= 0.6 is 0 Å². The fourth-order valence-corrected chi connectivity index (χ4v) is 11.0. The van der Waals surface area contributed by atoms with E-state index in [1.165, 1.54) is 24.5 Å². The predicted molar refractivity (Wildman–Crippen MR) is 291 cm³/mol. The number of benzene rings is 4. The van der Waals surface area contributed by atoms with Crippen molar-refractivity contribution in [1.82, 2.24) is 18.9 Å².